The molecule has 0 saturated heterocycles. The van der Waals surface area contributed by atoms with Crippen LogP contribution in [0.4, 0.5) is 4.39 Å². The minimum atomic E-state index is -0.245. The molecule has 2 aromatic carbocycles. The van der Waals surface area contributed by atoms with Crippen molar-refractivity contribution in [1.29, 1.82) is 0 Å². The molecule has 0 saturated carbocycles. The van der Waals surface area contributed by atoms with Gasteiger partial charge in [-0.3, -0.25) is 0 Å². The normalized spacial score (nSPS) is 10.5. The zero-order valence-corrected chi connectivity index (χ0v) is 12.8. The number of halogens is 1. The van der Waals surface area contributed by atoms with Crippen molar-refractivity contribution in [3.63, 3.8) is 0 Å². The summed E-state index contributed by atoms with van der Waals surface area (Å²) in [7, 11) is 5.02. The van der Waals surface area contributed by atoms with Gasteiger partial charge in [0.05, 0.1) is 14.2 Å². The van der Waals surface area contributed by atoms with Crippen LogP contribution in [0.2, 0.25) is 0 Å². The average Bonchev–Trinajstić information content (AvgIpc) is 2.49. The molecule has 0 fully saturated rings. The Hall–Kier alpha value is -2.07. The second-order valence-electron chi connectivity index (χ2n) is 4.88. The molecule has 0 heterocycles. The Labute approximate surface area is 124 Å². The van der Waals surface area contributed by atoms with Crippen molar-refractivity contribution in [2.75, 3.05) is 21.3 Å². The van der Waals surface area contributed by atoms with Gasteiger partial charge in [-0.05, 0) is 49.4 Å². The molecular weight excluding hydrogens is 269 g/mol. The first-order valence-electron chi connectivity index (χ1n) is 6.76. The van der Waals surface area contributed by atoms with E-state index in [9.17, 15) is 4.39 Å². The average molecular weight is 289 g/mol. The molecule has 0 amide bonds. The maximum Gasteiger partial charge on any atom is 0.161 e. The Morgan fingerprint density at radius 1 is 1.00 bits per heavy atom. The number of hydrogen-bond acceptors (Lipinski definition) is 3. The summed E-state index contributed by atoms with van der Waals surface area (Å²) in [6, 6.07) is 8.80. The predicted octanol–water partition coefficient (Wildman–Crippen LogP) is 3.54. The van der Waals surface area contributed by atoms with E-state index in [-0.39, 0.29) is 5.82 Å². The highest BCUT2D eigenvalue weighted by Crippen LogP contribution is 2.37. The fraction of sp³-hybridized carbons (Fsp3) is 0.294. The molecular formula is C17H20FNO2. The van der Waals surface area contributed by atoms with Crippen molar-refractivity contribution in [3.8, 4) is 22.6 Å². The second kappa shape index (κ2) is 6.59. The van der Waals surface area contributed by atoms with E-state index >= 15 is 0 Å². The van der Waals surface area contributed by atoms with Crippen LogP contribution in [0.1, 0.15) is 11.1 Å². The summed E-state index contributed by atoms with van der Waals surface area (Å²) in [5.74, 6) is 0.984. The Balaban J connectivity index is 2.67. The fourth-order valence-corrected chi connectivity index (χ4v) is 2.35. The summed E-state index contributed by atoms with van der Waals surface area (Å²) >= 11 is 0. The third kappa shape index (κ3) is 3.16. The summed E-state index contributed by atoms with van der Waals surface area (Å²) in [5.41, 5.74) is 3.35. The highest BCUT2D eigenvalue weighted by Gasteiger charge is 2.15. The molecule has 0 aromatic heterocycles. The molecule has 0 aliphatic heterocycles. The molecule has 0 aliphatic rings. The number of rotatable bonds is 5. The van der Waals surface area contributed by atoms with Crippen molar-refractivity contribution >= 4 is 0 Å². The fourth-order valence-electron chi connectivity index (χ4n) is 2.35. The first-order valence-corrected chi connectivity index (χ1v) is 6.76. The standard InChI is InChI=1S/C17H20FNO2/c1-11-5-6-15(18)14(7-11)13-9-17(21-4)16(20-3)8-12(13)10-19-2/h5-9,19H,10H2,1-4H3. The number of aryl methyl sites for hydroxylation is 1. The van der Waals surface area contributed by atoms with Crippen molar-refractivity contribution in [2.24, 2.45) is 0 Å². The zero-order chi connectivity index (χ0) is 15.4. The van der Waals surface area contributed by atoms with E-state index < -0.39 is 0 Å². The minimum absolute atomic E-state index is 0.245. The van der Waals surface area contributed by atoms with Crippen molar-refractivity contribution in [1.82, 2.24) is 5.32 Å². The molecule has 0 atom stereocenters. The molecule has 21 heavy (non-hydrogen) atoms. The van der Waals surface area contributed by atoms with Gasteiger partial charge in [-0.15, -0.1) is 0 Å². The monoisotopic (exact) mass is 289 g/mol. The summed E-state index contributed by atoms with van der Waals surface area (Å²) in [5, 5.41) is 3.10. The lowest BCUT2D eigenvalue weighted by Gasteiger charge is -2.16. The quantitative estimate of drug-likeness (QED) is 0.913. The van der Waals surface area contributed by atoms with Gasteiger partial charge in [-0.25, -0.2) is 4.39 Å². The lowest BCUT2D eigenvalue weighted by atomic mass is 9.97. The Kier molecular flexibility index (Phi) is 4.81. The van der Waals surface area contributed by atoms with E-state index in [4.69, 9.17) is 9.47 Å². The Bertz CT molecular complexity index is 641. The van der Waals surface area contributed by atoms with E-state index in [1.807, 2.05) is 32.2 Å². The van der Waals surface area contributed by atoms with Crippen LogP contribution >= 0.6 is 0 Å². The summed E-state index contributed by atoms with van der Waals surface area (Å²) in [6.45, 7) is 2.56. The van der Waals surface area contributed by atoms with Crippen LogP contribution in [-0.2, 0) is 6.54 Å². The van der Waals surface area contributed by atoms with Gasteiger partial charge in [0.2, 0.25) is 0 Å². The van der Waals surface area contributed by atoms with Crippen LogP contribution in [-0.4, -0.2) is 21.3 Å². The SMILES string of the molecule is CNCc1cc(OC)c(OC)cc1-c1cc(C)ccc1F. The lowest BCUT2D eigenvalue weighted by molar-refractivity contribution is 0.354. The van der Waals surface area contributed by atoms with E-state index in [1.54, 1.807) is 20.3 Å². The molecule has 0 radical (unpaired) electrons. The van der Waals surface area contributed by atoms with Gasteiger partial charge in [-0.2, -0.15) is 0 Å². The van der Waals surface area contributed by atoms with Crippen molar-refractivity contribution in [2.45, 2.75) is 13.5 Å². The third-order valence-electron chi connectivity index (χ3n) is 3.39. The van der Waals surface area contributed by atoms with Crippen LogP contribution in [0, 0.1) is 12.7 Å². The first-order chi connectivity index (χ1) is 10.1. The van der Waals surface area contributed by atoms with Crippen LogP contribution < -0.4 is 14.8 Å². The maximum absolute atomic E-state index is 14.2. The van der Waals surface area contributed by atoms with E-state index in [0.29, 0.717) is 23.6 Å². The summed E-state index contributed by atoms with van der Waals surface area (Å²) in [6.07, 6.45) is 0. The van der Waals surface area contributed by atoms with Gasteiger partial charge in [0.25, 0.3) is 0 Å². The maximum atomic E-state index is 14.2. The first kappa shape index (κ1) is 15.3. The summed E-state index contributed by atoms with van der Waals surface area (Å²) < 4.78 is 24.9. The topological polar surface area (TPSA) is 30.5 Å². The van der Waals surface area contributed by atoms with Crippen LogP contribution in [0.3, 0.4) is 0 Å². The molecule has 0 unspecified atom stereocenters. The van der Waals surface area contributed by atoms with E-state index in [0.717, 1.165) is 16.7 Å². The number of methoxy groups -OCH3 is 2. The van der Waals surface area contributed by atoms with Crippen LogP contribution in [0.15, 0.2) is 30.3 Å². The molecule has 3 nitrogen and oxygen atoms in total. The van der Waals surface area contributed by atoms with E-state index in [1.165, 1.54) is 6.07 Å². The van der Waals surface area contributed by atoms with Gasteiger partial charge in [-0.1, -0.05) is 11.6 Å². The highest BCUT2D eigenvalue weighted by atomic mass is 19.1. The van der Waals surface area contributed by atoms with Crippen LogP contribution in [0.25, 0.3) is 11.1 Å². The number of ether oxygens (including phenoxy) is 2. The largest absolute Gasteiger partial charge is 0.493 e. The molecule has 1 N–H and O–H groups in total. The van der Waals surface area contributed by atoms with Crippen LogP contribution in [0.5, 0.6) is 11.5 Å². The number of hydrogen-bond donors (Lipinski definition) is 1. The zero-order valence-electron chi connectivity index (χ0n) is 12.8. The Morgan fingerprint density at radius 3 is 2.29 bits per heavy atom. The van der Waals surface area contributed by atoms with Crippen molar-refractivity contribution in [3.05, 3.63) is 47.3 Å². The Morgan fingerprint density at radius 2 is 1.67 bits per heavy atom. The molecule has 0 spiro atoms. The minimum Gasteiger partial charge on any atom is -0.493 e. The van der Waals surface area contributed by atoms with Gasteiger partial charge < -0.3 is 14.8 Å². The van der Waals surface area contributed by atoms with Gasteiger partial charge >= 0.3 is 0 Å². The van der Waals surface area contributed by atoms with Gasteiger partial charge in [0, 0.05) is 12.1 Å². The lowest BCUT2D eigenvalue weighted by Crippen LogP contribution is -2.07. The molecule has 0 bridgehead atoms. The second-order valence-corrected chi connectivity index (χ2v) is 4.88. The number of nitrogens with one attached hydrogen (secondary N) is 1. The van der Waals surface area contributed by atoms with Gasteiger partial charge in [0.15, 0.2) is 11.5 Å². The predicted molar refractivity (Wildman–Crippen MR) is 82.4 cm³/mol. The van der Waals surface area contributed by atoms with Gasteiger partial charge in [0.1, 0.15) is 5.82 Å². The third-order valence-corrected chi connectivity index (χ3v) is 3.39. The molecule has 2 aromatic rings. The molecule has 0 aliphatic carbocycles. The smallest absolute Gasteiger partial charge is 0.161 e. The molecule has 2 rings (SSSR count). The summed E-state index contributed by atoms with van der Waals surface area (Å²) in [4.78, 5) is 0. The highest BCUT2D eigenvalue weighted by molar-refractivity contribution is 5.72. The molecule has 4 heteroatoms. The van der Waals surface area contributed by atoms with Crippen molar-refractivity contribution < 1.29 is 13.9 Å². The van der Waals surface area contributed by atoms with E-state index in [2.05, 4.69) is 5.32 Å². The molecule has 112 valence electrons. The number of benzene rings is 2.